The molecule has 0 saturated carbocycles. The van der Waals surface area contributed by atoms with Gasteiger partial charge in [0.2, 0.25) is 5.88 Å². The Labute approximate surface area is 104 Å². The maximum atomic E-state index is 12.1. The number of carbonyl (C=O) groups excluding carboxylic acids is 1. The summed E-state index contributed by atoms with van der Waals surface area (Å²) in [4.78, 5) is 14.8. The predicted molar refractivity (Wildman–Crippen MR) is 53.8 cm³/mol. The fourth-order valence-electron chi connectivity index (χ4n) is 1.06. The van der Waals surface area contributed by atoms with Crippen LogP contribution in [0.25, 0.3) is 0 Å². The standard InChI is InChI=1S/C9H7ClF3NO4/c1-16-7-4(8(15)17-2)3-5(6(10)14-7)18-9(11,12)13/h3H,1-2H3. The van der Waals surface area contributed by atoms with Crippen LogP contribution in [-0.4, -0.2) is 31.5 Å². The number of ether oxygens (including phenoxy) is 3. The number of aromatic nitrogens is 1. The third-order valence-electron chi connectivity index (χ3n) is 1.73. The van der Waals surface area contributed by atoms with E-state index in [1.54, 1.807) is 0 Å². The minimum absolute atomic E-state index is 0.263. The summed E-state index contributed by atoms with van der Waals surface area (Å²) >= 11 is 5.47. The fraction of sp³-hybridized carbons (Fsp3) is 0.333. The molecule has 1 heterocycles. The molecule has 1 aromatic rings. The molecule has 9 heteroatoms. The van der Waals surface area contributed by atoms with E-state index in [2.05, 4.69) is 14.5 Å². The van der Waals surface area contributed by atoms with Gasteiger partial charge in [0.05, 0.1) is 14.2 Å². The van der Waals surface area contributed by atoms with E-state index in [4.69, 9.17) is 16.3 Å². The summed E-state index contributed by atoms with van der Waals surface area (Å²) < 4.78 is 48.9. The Balaban J connectivity index is 3.25. The first-order valence-corrected chi connectivity index (χ1v) is 4.75. The fourth-order valence-corrected chi connectivity index (χ4v) is 1.23. The van der Waals surface area contributed by atoms with Crippen molar-refractivity contribution in [1.82, 2.24) is 4.98 Å². The second kappa shape index (κ2) is 5.30. The molecule has 0 atom stereocenters. The Bertz CT molecular complexity index is 464. The lowest BCUT2D eigenvalue weighted by Crippen LogP contribution is -2.18. The van der Waals surface area contributed by atoms with Crippen molar-refractivity contribution in [3.8, 4) is 11.6 Å². The van der Waals surface area contributed by atoms with Gasteiger partial charge in [-0.1, -0.05) is 11.6 Å². The minimum atomic E-state index is -4.95. The molecule has 1 aromatic heterocycles. The molecule has 1 rings (SSSR count). The molecule has 0 unspecified atom stereocenters. The zero-order valence-electron chi connectivity index (χ0n) is 9.17. The Morgan fingerprint density at radius 2 is 2.00 bits per heavy atom. The molecule has 0 aliphatic carbocycles. The van der Waals surface area contributed by atoms with E-state index < -0.39 is 23.2 Å². The largest absolute Gasteiger partial charge is 0.573 e. The lowest BCUT2D eigenvalue weighted by atomic mass is 10.2. The van der Waals surface area contributed by atoms with Gasteiger partial charge < -0.3 is 14.2 Å². The predicted octanol–water partition coefficient (Wildman–Crippen LogP) is 2.43. The summed E-state index contributed by atoms with van der Waals surface area (Å²) in [5.74, 6) is -2.00. The van der Waals surface area contributed by atoms with Crippen LogP contribution in [0.1, 0.15) is 10.4 Å². The molecule has 0 saturated heterocycles. The number of halogens is 4. The highest BCUT2D eigenvalue weighted by molar-refractivity contribution is 6.31. The average Bonchev–Trinajstić information content (AvgIpc) is 2.28. The summed E-state index contributed by atoms with van der Waals surface area (Å²) in [5.41, 5.74) is -0.330. The molecule has 100 valence electrons. The van der Waals surface area contributed by atoms with E-state index in [1.165, 1.54) is 7.11 Å². The maximum absolute atomic E-state index is 12.1. The molecule has 18 heavy (non-hydrogen) atoms. The first-order chi connectivity index (χ1) is 8.28. The molecule has 0 aromatic carbocycles. The number of nitrogens with zero attached hydrogens (tertiary/aromatic N) is 1. The van der Waals surface area contributed by atoms with E-state index in [1.807, 2.05) is 0 Å². The number of carbonyl (C=O) groups is 1. The van der Waals surface area contributed by atoms with Crippen molar-refractivity contribution in [3.63, 3.8) is 0 Å². The third kappa shape index (κ3) is 3.39. The van der Waals surface area contributed by atoms with Crippen molar-refractivity contribution in [3.05, 3.63) is 16.8 Å². The molecule has 0 amide bonds. The van der Waals surface area contributed by atoms with E-state index in [0.717, 1.165) is 13.2 Å². The van der Waals surface area contributed by atoms with Crippen molar-refractivity contribution in [2.75, 3.05) is 14.2 Å². The van der Waals surface area contributed by atoms with Gasteiger partial charge in [-0.05, 0) is 0 Å². The van der Waals surface area contributed by atoms with Gasteiger partial charge in [-0.3, -0.25) is 0 Å². The Hall–Kier alpha value is -1.70. The third-order valence-corrected chi connectivity index (χ3v) is 2.00. The number of alkyl halides is 3. The van der Waals surface area contributed by atoms with Crippen LogP contribution in [0, 0.1) is 0 Å². The molecular weight excluding hydrogens is 279 g/mol. The quantitative estimate of drug-likeness (QED) is 0.630. The average molecular weight is 286 g/mol. The van der Waals surface area contributed by atoms with Gasteiger partial charge in [0.1, 0.15) is 5.56 Å². The summed E-state index contributed by atoms with van der Waals surface area (Å²) in [6.45, 7) is 0. The second-order valence-electron chi connectivity index (χ2n) is 2.87. The van der Waals surface area contributed by atoms with Crippen LogP contribution in [0.5, 0.6) is 11.6 Å². The van der Waals surface area contributed by atoms with Crippen LogP contribution in [0.4, 0.5) is 13.2 Å². The maximum Gasteiger partial charge on any atom is 0.573 e. The van der Waals surface area contributed by atoms with Crippen molar-refractivity contribution in [1.29, 1.82) is 0 Å². The van der Waals surface area contributed by atoms with Gasteiger partial charge in [-0.25, -0.2) is 4.79 Å². The molecular formula is C9H7ClF3NO4. The highest BCUT2D eigenvalue weighted by atomic mass is 35.5. The van der Waals surface area contributed by atoms with Gasteiger partial charge in [0.25, 0.3) is 0 Å². The zero-order valence-corrected chi connectivity index (χ0v) is 9.93. The molecule has 0 aliphatic heterocycles. The van der Waals surface area contributed by atoms with Crippen LogP contribution < -0.4 is 9.47 Å². The van der Waals surface area contributed by atoms with Crippen LogP contribution in [0.2, 0.25) is 5.15 Å². The zero-order chi connectivity index (χ0) is 13.9. The normalized spacial score (nSPS) is 11.0. The number of methoxy groups -OCH3 is 2. The Morgan fingerprint density at radius 3 is 2.44 bits per heavy atom. The molecule has 0 radical (unpaired) electrons. The van der Waals surface area contributed by atoms with Gasteiger partial charge in [0.15, 0.2) is 10.9 Å². The molecule has 0 aliphatic rings. The van der Waals surface area contributed by atoms with E-state index in [0.29, 0.717) is 0 Å². The number of pyridine rings is 1. The van der Waals surface area contributed by atoms with Crippen LogP contribution in [0.15, 0.2) is 6.07 Å². The summed E-state index contributed by atoms with van der Waals surface area (Å²) in [6.07, 6.45) is -4.95. The van der Waals surface area contributed by atoms with Gasteiger partial charge in [0, 0.05) is 6.07 Å². The topological polar surface area (TPSA) is 57.7 Å². The first-order valence-electron chi connectivity index (χ1n) is 4.37. The first kappa shape index (κ1) is 14.4. The van der Waals surface area contributed by atoms with Crippen molar-refractivity contribution >= 4 is 17.6 Å². The van der Waals surface area contributed by atoms with Crippen LogP contribution >= 0.6 is 11.6 Å². The SMILES string of the molecule is COC(=O)c1cc(OC(F)(F)F)c(Cl)nc1OC. The van der Waals surface area contributed by atoms with Crippen molar-refractivity contribution in [2.45, 2.75) is 6.36 Å². The van der Waals surface area contributed by atoms with Gasteiger partial charge in [-0.15, -0.1) is 13.2 Å². The highest BCUT2D eigenvalue weighted by Crippen LogP contribution is 2.33. The van der Waals surface area contributed by atoms with Gasteiger partial charge in [-0.2, -0.15) is 4.98 Å². The Kier molecular flexibility index (Phi) is 4.23. The van der Waals surface area contributed by atoms with Crippen molar-refractivity contribution < 1.29 is 32.2 Å². The lowest BCUT2D eigenvalue weighted by Gasteiger charge is -2.12. The number of rotatable bonds is 3. The van der Waals surface area contributed by atoms with E-state index in [9.17, 15) is 18.0 Å². The molecule has 0 spiro atoms. The van der Waals surface area contributed by atoms with Gasteiger partial charge >= 0.3 is 12.3 Å². The summed E-state index contributed by atoms with van der Waals surface area (Å²) in [5, 5.41) is -0.586. The minimum Gasteiger partial charge on any atom is -0.480 e. The number of hydrogen-bond acceptors (Lipinski definition) is 5. The Morgan fingerprint density at radius 1 is 1.39 bits per heavy atom. The summed E-state index contributed by atoms with van der Waals surface area (Å²) in [7, 11) is 2.23. The molecule has 5 nitrogen and oxygen atoms in total. The molecule has 0 fully saturated rings. The van der Waals surface area contributed by atoms with Crippen LogP contribution in [0.3, 0.4) is 0 Å². The monoisotopic (exact) mass is 285 g/mol. The van der Waals surface area contributed by atoms with E-state index >= 15 is 0 Å². The summed E-state index contributed by atoms with van der Waals surface area (Å²) in [6, 6.07) is 0.744. The number of esters is 1. The van der Waals surface area contributed by atoms with Crippen molar-refractivity contribution in [2.24, 2.45) is 0 Å². The highest BCUT2D eigenvalue weighted by Gasteiger charge is 2.33. The molecule has 0 N–H and O–H groups in total. The second-order valence-corrected chi connectivity index (χ2v) is 3.23. The number of hydrogen-bond donors (Lipinski definition) is 0. The van der Waals surface area contributed by atoms with Crippen LogP contribution in [-0.2, 0) is 4.74 Å². The smallest absolute Gasteiger partial charge is 0.480 e. The van der Waals surface area contributed by atoms with E-state index in [-0.39, 0.29) is 11.4 Å². The molecule has 0 bridgehead atoms. The lowest BCUT2D eigenvalue weighted by molar-refractivity contribution is -0.274.